The molecule has 2 aromatic rings. The molecule has 0 radical (unpaired) electrons. The summed E-state index contributed by atoms with van der Waals surface area (Å²) in [5.74, 6) is -0.177. The molecule has 3 heterocycles. The van der Waals surface area contributed by atoms with Gasteiger partial charge in [-0.2, -0.15) is 0 Å². The lowest BCUT2D eigenvalue weighted by Crippen LogP contribution is -2.38. The fourth-order valence-electron chi connectivity index (χ4n) is 3.88. The molecule has 2 amide bonds. The molecule has 0 spiro atoms. The molecule has 2 N–H and O–H groups in total. The monoisotopic (exact) mass is 417 g/mol. The molecule has 1 aliphatic carbocycles. The van der Waals surface area contributed by atoms with E-state index in [-0.39, 0.29) is 17.6 Å². The number of morpholine rings is 1. The average molecular weight is 418 g/mol. The summed E-state index contributed by atoms with van der Waals surface area (Å²) in [5, 5.41) is 6.58. The summed E-state index contributed by atoms with van der Waals surface area (Å²) >= 11 is 1.52. The number of aryl methyl sites for hydroxylation is 1. The van der Waals surface area contributed by atoms with E-state index in [9.17, 15) is 9.59 Å². The van der Waals surface area contributed by atoms with E-state index in [1.165, 1.54) is 22.5 Å². The van der Waals surface area contributed by atoms with Gasteiger partial charge < -0.3 is 19.8 Å². The van der Waals surface area contributed by atoms with Crippen LogP contribution in [0.15, 0.2) is 22.8 Å². The molecule has 1 fully saturated rings. The highest BCUT2D eigenvalue weighted by molar-refractivity contribution is 7.17. The highest BCUT2D eigenvalue weighted by Gasteiger charge is 2.26. The van der Waals surface area contributed by atoms with Gasteiger partial charge in [0.1, 0.15) is 5.00 Å². The molecule has 156 valence electrons. The molecule has 0 bridgehead atoms. The van der Waals surface area contributed by atoms with Crippen molar-refractivity contribution in [3.8, 4) is 0 Å². The third-order valence-corrected chi connectivity index (χ3v) is 6.62. The van der Waals surface area contributed by atoms with E-state index in [4.69, 9.17) is 9.15 Å². The number of ether oxygens (including phenoxy) is 1. The lowest BCUT2D eigenvalue weighted by Gasteiger charge is -2.26. The third kappa shape index (κ3) is 4.88. The van der Waals surface area contributed by atoms with Crippen LogP contribution in [0.1, 0.15) is 50.6 Å². The molecule has 1 saturated heterocycles. The molecule has 4 rings (SSSR count). The summed E-state index contributed by atoms with van der Waals surface area (Å²) in [6.45, 7) is 5.04. The van der Waals surface area contributed by atoms with Gasteiger partial charge in [-0.25, -0.2) is 0 Å². The van der Waals surface area contributed by atoms with Crippen LogP contribution in [0.2, 0.25) is 0 Å². The highest BCUT2D eigenvalue weighted by atomic mass is 32.1. The molecular formula is C21H27N3O4S. The molecule has 7 nitrogen and oxygen atoms in total. The van der Waals surface area contributed by atoms with Crippen LogP contribution in [0, 0.1) is 0 Å². The van der Waals surface area contributed by atoms with Crippen molar-refractivity contribution in [1.29, 1.82) is 0 Å². The maximum atomic E-state index is 13.0. The van der Waals surface area contributed by atoms with Crippen molar-refractivity contribution in [2.75, 3.05) is 44.7 Å². The number of thiophene rings is 1. The van der Waals surface area contributed by atoms with E-state index >= 15 is 0 Å². The largest absolute Gasteiger partial charge is 0.459 e. The summed E-state index contributed by atoms with van der Waals surface area (Å²) in [7, 11) is 0. The van der Waals surface area contributed by atoms with Crippen LogP contribution in [0.5, 0.6) is 0 Å². The summed E-state index contributed by atoms with van der Waals surface area (Å²) < 4.78 is 10.6. The SMILES string of the molecule is O=C(Nc1sc2c(c1C(=O)NCCCN1CCOCC1)CCCC2)c1ccco1. The molecule has 2 aromatic heterocycles. The van der Waals surface area contributed by atoms with Gasteiger partial charge in [0, 0.05) is 24.5 Å². The first kappa shape index (κ1) is 20.1. The number of anilines is 1. The van der Waals surface area contributed by atoms with Crippen molar-refractivity contribution >= 4 is 28.2 Å². The molecule has 0 unspecified atom stereocenters. The zero-order chi connectivity index (χ0) is 20.1. The van der Waals surface area contributed by atoms with Crippen molar-refractivity contribution in [3.63, 3.8) is 0 Å². The Morgan fingerprint density at radius 3 is 2.76 bits per heavy atom. The van der Waals surface area contributed by atoms with E-state index in [0.717, 1.165) is 70.5 Å². The first-order valence-electron chi connectivity index (χ1n) is 10.3. The lowest BCUT2D eigenvalue weighted by atomic mass is 9.95. The Labute approximate surface area is 174 Å². The second-order valence-corrected chi connectivity index (χ2v) is 8.52. The fraction of sp³-hybridized carbons (Fsp3) is 0.524. The van der Waals surface area contributed by atoms with Gasteiger partial charge in [0.25, 0.3) is 11.8 Å². The minimum absolute atomic E-state index is 0.0962. The average Bonchev–Trinajstić information content (AvgIpc) is 3.39. The van der Waals surface area contributed by atoms with Crippen LogP contribution in [-0.4, -0.2) is 56.1 Å². The number of furan rings is 1. The lowest BCUT2D eigenvalue weighted by molar-refractivity contribution is 0.0374. The number of rotatable bonds is 7. The van der Waals surface area contributed by atoms with Gasteiger partial charge in [-0.3, -0.25) is 14.5 Å². The molecular weight excluding hydrogens is 390 g/mol. The van der Waals surface area contributed by atoms with Crippen LogP contribution in [-0.2, 0) is 17.6 Å². The number of nitrogens with one attached hydrogen (secondary N) is 2. The van der Waals surface area contributed by atoms with E-state index in [1.54, 1.807) is 12.1 Å². The number of carbonyl (C=O) groups is 2. The molecule has 0 saturated carbocycles. The minimum Gasteiger partial charge on any atom is -0.459 e. The van der Waals surface area contributed by atoms with E-state index in [1.807, 2.05) is 0 Å². The number of fused-ring (bicyclic) bond motifs is 1. The van der Waals surface area contributed by atoms with E-state index in [2.05, 4.69) is 15.5 Å². The van der Waals surface area contributed by atoms with Crippen LogP contribution in [0.25, 0.3) is 0 Å². The summed E-state index contributed by atoms with van der Waals surface area (Å²) in [5.41, 5.74) is 1.73. The van der Waals surface area contributed by atoms with Crippen molar-refractivity contribution in [1.82, 2.24) is 10.2 Å². The van der Waals surface area contributed by atoms with Crippen LogP contribution >= 0.6 is 11.3 Å². The second-order valence-electron chi connectivity index (χ2n) is 7.41. The normalized spacial score (nSPS) is 17.0. The van der Waals surface area contributed by atoms with Crippen LogP contribution < -0.4 is 10.6 Å². The Hall–Kier alpha value is -2.16. The van der Waals surface area contributed by atoms with Gasteiger partial charge >= 0.3 is 0 Å². The standard InChI is InChI=1S/C21H27N3O4S/c25-19(16-6-3-12-28-16)23-21-18(15-5-1-2-7-17(15)29-21)20(26)22-8-4-9-24-10-13-27-14-11-24/h3,6,12H,1-2,4-5,7-11,13-14H2,(H,22,26)(H,23,25). The van der Waals surface area contributed by atoms with Gasteiger partial charge in [0.05, 0.1) is 25.0 Å². The first-order chi connectivity index (χ1) is 14.2. The molecule has 8 heteroatoms. The van der Waals surface area contributed by atoms with E-state index in [0.29, 0.717) is 17.1 Å². The Kier molecular flexibility index (Phi) is 6.63. The van der Waals surface area contributed by atoms with Gasteiger partial charge in [-0.05, 0) is 56.3 Å². The maximum absolute atomic E-state index is 13.0. The van der Waals surface area contributed by atoms with Crippen LogP contribution in [0.4, 0.5) is 5.00 Å². The zero-order valence-electron chi connectivity index (χ0n) is 16.5. The number of hydrogen-bond donors (Lipinski definition) is 2. The Bertz CT molecular complexity index is 840. The first-order valence-corrected chi connectivity index (χ1v) is 11.1. The zero-order valence-corrected chi connectivity index (χ0v) is 17.3. The van der Waals surface area contributed by atoms with Gasteiger partial charge in [-0.1, -0.05) is 0 Å². The van der Waals surface area contributed by atoms with Crippen molar-refractivity contribution in [3.05, 3.63) is 40.2 Å². The summed E-state index contributed by atoms with van der Waals surface area (Å²) in [6, 6.07) is 3.30. The van der Waals surface area contributed by atoms with Crippen molar-refractivity contribution in [2.24, 2.45) is 0 Å². The second kappa shape index (κ2) is 9.56. The Morgan fingerprint density at radius 1 is 1.14 bits per heavy atom. The van der Waals surface area contributed by atoms with Gasteiger partial charge in [0.2, 0.25) is 0 Å². The molecule has 2 aliphatic rings. The number of carbonyl (C=O) groups excluding carboxylic acids is 2. The fourth-order valence-corrected chi connectivity index (χ4v) is 5.17. The third-order valence-electron chi connectivity index (χ3n) is 5.41. The van der Waals surface area contributed by atoms with Crippen LogP contribution in [0.3, 0.4) is 0 Å². The molecule has 1 aliphatic heterocycles. The van der Waals surface area contributed by atoms with E-state index < -0.39 is 0 Å². The Balaban J connectivity index is 1.41. The quantitative estimate of drug-likeness (QED) is 0.677. The maximum Gasteiger partial charge on any atom is 0.291 e. The van der Waals surface area contributed by atoms with Gasteiger partial charge in [-0.15, -0.1) is 11.3 Å². The molecule has 29 heavy (non-hydrogen) atoms. The molecule has 0 aromatic carbocycles. The van der Waals surface area contributed by atoms with Gasteiger partial charge in [0.15, 0.2) is 5.76 Å². The van der Waals surface area contributed by atoms with Crippen molar-refractivity contribution < 1.29 is 18.7 Å². The smallest absolute Gasteiger partial charge is 0.291 e. The summed E-state index contributed by atoms with van der Waals surface area (Å²) in [4.78, 5) is 29.0. The number of nitrogens with zero attached hydrogens (tertiary/aromatic N) is 1. The highest BCUT2D eigenvalue weighted by Crippen LogP contribution is 2.38. The number of hydrogen-bond acceptors (Lipinski definition) is 6. The minimum atomic E-state index is -0.324. The number of amides is 2. The molecule has 0 atom stereocenters. The van der Waals surface area contributed by atoms with Crippen molar-refractivity contribution in [2.45, 2.75) is 32.1 Å². The predicted octanol–water partition coefficient (Wildman–Crippen LogP) is 2.92. The topological polar surface area (TPSA) is 83.8 Å². The Morgan fingerprint density at radius 2 is 1.97 bits per heavy atom. The summed E-state index contributed by atoms with van der Waals surface area (Å²) in [6.07, 6.45) is 6.42. The predicted molar refractivity (Wildman–Crippen MR) is 112 cm³/mol.